The van der Waals surface area contributed by atoms with Gasteiger partial charge < -0.3 is 15.8 Å². The Labute approximate surface area is 145 Å². The molecule has 4 N–H and O–H groups in total. The van der Waals surface area contributed by atoms with E-state index < -0.39 is 0 Å². The third-order valence-corrected chi connectivity index (χ3v) is 5.21. The normalized spacial score (nSPS) is 13.6. The molecule has 0 aliphatic heterocycles. The second-order valence-corrected chi connectivity index (χ2v) is 6.80. The highest BCUT2D eigenvalue weighted by atomic mass is 32.1. The predicted molar refractivity (Wildman–Crippen MR) is 101 cm³/mol. The van der Waals surface area contributed by atoms with Crippen molar-refractivity contribution >= 4 is 27.3 Å². The van der Waals surface area contributed by atoms with E-state index in [4.69, 9.17) is 15.9 Å². The number of likely N-dealkylation sites (N-methyl/N-ethyl adjacent to an activating group) is 1. The average Bonchev–Trinajstić information content (AvgIpc) is 3.05. The number of thiophene rings is 1. The van der Waals surface area contributed by atoms with Gasteiger partial charge in [-0.1, -0.05) is 36.4 Å². The van der Waals surface area contributed by atoms with Gasteiger partial charge in [0.25, 0.3) is 0 Å². The van der Waals surface area contributed by atoms with Crippen molar-refractivity contribution in [1.82, 2.24) is 5.32 Å². The third kappa shape index (κ3) is 3.27. The first-order chi connectivity index (χ1) is 11.6. The summed E-state index contributed by atoms with van der Waals surface area (Å²) in [6.45, 7) is 2.10. The van der Waals surface area contributed by atoms with Crippen molar-refractivity contribution in [2.45, 2.75) is 19.1 Å². The second kappa shape index (κ2) is 7.03. The van der Waals surface area contributed by atoms with Crippen LogP contribution in [0.25, 0.3) is 10.1 Å². The van der Waals surface area contributed by atoms with Crippen LogP contribution < -0.4 is 15.8 Å². The maximum Gasteiger partial charge on any atom is 0.139 e. The fourth-order valence-electron chi connectivity index (χ4n) is 2.66. The number of benzene rings is 2. The molecule has 5 heteroatoms. The summed E-state index contributed by atoms with van der Waals surface area (Å²) in [7, 11) is 1.93. The maximum absolute atomic E-state index is 7.65. The molecule has 0 aliphatic rings. The zero-order chi connectivity index (χ0) is 17.1. The van der Waals surface area contributed by atoms with Gasteiger partial charge >= 0.3 is 0 Å². The molecule has 0 amide bonds. The Morgan fingerprint density at radius 2 is 1.92 bits per heavy atom. The Balaban J connectivity index is 2.01. The van der Waals surface area contributed by atoms with Crippen molar-refractivity contribution in [1.29, 1.82) is 5.41 Å². The van der Waals surface area contributed by atoms with Gasteiger partial charge in [-0.2, -0.15) is 0 Å². The smallest absolute Gasteiger partial charge is 0.139 e. The van der Waals surface area contributed by atoms with E-state index in [1.807, 2.05) is 49.5 Å². The molecular formula is C19H21N3OS. The average molecular weight is 339 g/mol. The number of nitrogens with one attached hydrogen (secondary N) is 2. The molecule has 24 heavy (non-hydrogen) atoms. The number of nitrogens with two attached hydrogens (primary N) is 1. The summed E-state index contributed by atoms with van der Waals surface area (Å²) in [4.78, 5) is 0.763. The summed E-state index contributed by atoms with van der Waals surface area (Å²) < 4.78 is 7.46. The minimum atomic E-state index is -0.109. The van der Waals surface area contributed by atoms with Crippen LogP contribution in [0.2, 0.25) is 0 Å². The lowest BCUT2D eigenvalue weighted by Crippen LogP contribution is -2.32. The number of amidine groups is 1. The van der Waals surface area contributed by atoms with Gasteiger partial charge in [0.05, 0.1) is 4.88 Å². The van der Waals surface area contributed by atoms with E-state index in [0.717, 1.165) is 26.3 Å². The summed E-state index contributed by atoms with van der Waals surface area (Å²) >= 11 is 1.51. The summed E-state index contributed by atoms with van der Waals surface area (Å²) in [5, 5.41) is 11.9. The first-order valence-corrected chi connectivity index (χ1v) is 8.67. The quantitative estimate of drug-likeness (QED) is 0.471. The molecule has 0 aliphatic carbocycles. The van der Waals surface area contributed by atoms with Crippen molar-refractivity contribution in [2.24, 2.45) is 5.73 Å². The molecule has 0 saturated heterocycles. The summed E-state index contributed by atoms with van der Waals surface area (Å²) in [6, 6.07) is 18.3. The summed E-state index contributed by atoms with van der Waals surface area (Å²) in [6.07, 6.45) is -0.109. The zero-order valence-electron chi connectivity index (χ0n) is 13.7. The van der Waals surface area contributed by atoms with E-state index in [1.165, 1.54) is 11.3 Å². The number of fused-ring (bicyclic) bond motifs is 1. The Morgan fingerprint density at radius 1 is 1.17 bits per heavy atom. The highest BCUT2D eigenvalue weighted by Gasteiger charge is 2.21. The van der Waals surface area contributed by atoms with Crippen LogP contribution in [0.15, 0.2) is 54.6 Å². The number of ether oxygens (including phenoxy) is 1. The molecule has 124 valence electrons. The van der Waals surface area contributed by atoms with Crippen molar-refractivity contribution in [3.8, 4) is 5.75 Å². The molecular weight excluding hydrogens is 318 g/mol. The SMILES string of the molecule is CN[C@@H](C)[C@H](Oc1cccc2sc(C(=N)N)cc12)c1ccccc1. The van der Waals surface area contributed by atoms with Gasteiger partial charge in [-0.25, -0.2) is 0 Å². The zero-order valence-corrected chi connectivity index (χ0v) is 14.6. The molecule has 0 fully saturated rings. The van der Waals surface area contributed by atoms with Crippen LogP contribution in [0.5, 0.6) is 5.75 Å². The first kappa shape index (κ1) is 16.5. The summed E-state index contributed by atoms with van der Waals surface area (Å²) in [5.74, 6) is 0.901. The van der Waals surface area contributed by atoms with Crippen LogP contribution in [0.3, 0.4) is 0 Å². The Kier molecular flexibility index (Phi) is 4.83. The number of hydrogen-bond donors (Lipinski definition) is 3. The Morgan fingerprint density at radius 3 is 2.58 bits per heavy atom. The molecule has 0 spiro atoms. The molecule has 1 aromatic heterocycles. The molecule has 0 radical (unpaired) electrons. The van der Waals surface area contributed by atoms with Crippen LogP contribution in [0, 0.1) is 5.41 Å². The molecule has 3 aromatic rings. The van der Waals surface area contributed by atoms with Crippen LogP contribution >= 0.6 is 11.3 Å². The molecule has 0 saturated carbocycles. The monoisotopic (exact) mass is 339 g/mol. The predicted octanol–water partition coefficient (Wildman–Crippen LogP) is 3.91. The van der Waals surface area contributed by atoms with Gasteiger partial charge in [0.2, 0.25) is 0 Å². The van der Waals surface area contributed by atoms with Crippen molar-refractivity contribution < 1.29 is 4.74 Å². The minimum absolute atomic E-state index is 0.0883. The van der Waals surface area contributed by atoms with Crippen molar-refractivity contribution in [3.63, 3.8) is 0 Å². The van der Waals surface area contributed by atoms with E-state index in [9.17, 15) is 0 Å². The van der Waals surface area contributed by atoms with Gasteiger partial charge in [0, 0.05) is 16.1 Å². The van der Waals surface area contributed by atoms with Gasteiger partial charge in [0.15, 0.2) is 0 Å². The lowest BCUT2D eigenvalue weighted by molar-refractivity contribution is 0.169. The van der Waals surface area contributed by atoms with Crippen molar-refractivity contribution in [3.05, 3.63) is 65.0 Å². The van der Waals surface area contributed by atoms with Gasteiger partial charge in [-0.3, -0.25) is 5.41 Å². The maximum atomic E-state index is 7.65. The second-order valence-electron chi connectivity index (χ2n) is 5.72. The number of hydrogen-bond acceptors (Lipinski definition) is 4. The molecule has 2 atom stereocenters. The van der Waals surface area contributed by atoms with Crippen molar-refractivity contribution in [2.75, 3.05) is 7.05 Å². The number of nitrogen functional groups attached to an aromatic ring is 1. The van der Waals surface area contributed by atoms with Crippen LogP contribution in [-0.4, -0.2) is 18.9 Å². The standard InChI is InChI=1S/C19H21N3OS/c1-12(22-2)18(13-7-4-3-5-8-13)23-15-9-6-10-16-14(15)11-17(24-16)19(20)21/h3-12,18,22H,1-2H3,(H3,20,21)/t12-,18-/m0/s1. The Hall–Kier alpha value is -2.37. The molecule has 0 bridgehead atoms. The molecule has 1 heterocycles. The summed E-state index contributed by atoms with van der Waals surface area (Å²) in [5.41, 5.74) is 6.76. The van der Waals surface area contributed by atoms with E-state index in [-0.39, 0.29) is 18.0 Å². The topological polar surface area (TPSA) is 71.1 Å². The third-order valence-electron chi connectivity index (χ3n) is 4.08. The van der Waals surface area contributed by atoms with E-state index >= 15 is 0 Å². The van der Waals surface area contributed by atoms with Gasteiger partial charge in [0.1, 0.15) is 17.7 Å². The van der Waals surface area contributed by atoms with Crippen LogP contribution in [-0.2, 0) is 0 Å². The fraction of sp³-hybridized carbons (Fsp3) is 0.211. The molecule has 0 unspecified atom stereocenters. The van der Waals surface area contributed by atoms with E-state index in [1.54, 1.807) is 0 Å². The Bertz CT molecular complexity index is 844. The largest absolute Gasteiger partial charge is 0.483 e. The number of rotatable bonds is 6. The first-order valence-electron chi connectivity index (χ1n) is 7.86. The lowest BCUT2D eigenvalue weighted by Gasteiger charge is -2.25. The molecule has 2 aromatic carbocycles. The highest BCUT2D eigenvalue weighted by molar-refractivity contribution is 7.20. The van der Waals surface area contributed by atoms with Gasteiger partial charge in [-0.15, -0.1) is 11.3 Å². The van der Waals surface area contributed by atoms with E-state index in [2.05, 4.69) is 24.4 Å². The fourth-order valence-corrected chi connectivity index (χ4v) is 3.60. The minimum Gasteiger partial charge on any atom is -0.483 e. The molecule has 4 nitrogen and oxygen atoms in total. The molecule has 3 rings (SSSR count). The van der Waals surface area contributed by atoms with Gasteiger partial charge in [-0.05, 0) is 37.7 Å². The lowest BCUT2D eigenvalue weighted by atomic mass is 10.0. The van der Waals surface area contributed by atoms with Crippen LogP contribution in [0.4, 0.5) is 0 Å². The van der Waals surface area contributed by atoms with E-state index in [0.29, 0.717) is 0 Å². The van der Waals surface area contributed by atoms with Crippen LogP contribution in [0.1, 0.15) is 23.5 Å². The highest BCUT2D eigenvalue weighted by Crippen LogP contribution is 2.35.